The van der Waals surface area contributed by atoms with Crippen LogP contribution in [0.4, 0.5) is 13.2 Å². The summed E-state index contributed by atoms with van der Waals surface area (Å²) in [6.45, 7) is 1.40. The van der Waals surface area contributed by atoms with Gasteiger partial charge in [-0.15, -0.1) is 0 Å². The van der Waals surface area contributed by atoms with Gasteiger partial charge >= 0.3 is 6.18 Å². The average molecular weight is 417 g/mol. The largest absolute Gasteiger partial charge is 0.421 e. The second-order valence-electron chi connectivity index (χ2n) is 5.43. The Bertz CT molecular complexity index is 801. The van der Waals surface area contributed by atoms with Crippen molar-refractivity contribution in [1.29, 1.82) is 0 Å². The number of benzene rings is 1. The van der Waals surface area contributed by atoms with Gasteiger partial charge in [0.1, 0.15) is 12.1 Å². The minimum absolute atomic E-state index is 0.290. The molecular weight excluding hydrogens is 401 g/mol. The Morgan fingerprint density at radius 2 is 1.88 bits per heavy atom. The van der Waals surface area contributed by atoms with Crippen molar-refractivity contribution in [3.63, 3.8) is 0 Å². The van der Waals surface area contributed by atoms with Gasteiger partial charge in [-0.25, -0.2) is 0 Å². The number of aromatic nitrogens is 1. The number of carbonyl (C=O) groups excluding carboxylic acids is 1. The molecule has 0 spiro atoms. The number of pyridine rings is 1. The van der Waals surface area contributed by atoms with E-state index in [-0.39, 0.29) is 6.04 Å². The molecule has 0 radical (unpaired) electrons. The molecule has 0 bridgehead atoms. The van der Waals surface area contributed by atoms with Crippen molar-refractivity contribution >= 4 is 21.8 Å². The molecule has 0 aliphatic carbocycles. The quantitative estimate of drug-likeness (QED) is 0.803. The molecule has 134 valence electrons. The van der Waals surface area contributed by atoms with Gasteiger partial charge in [0.05, 0.1) is 6.04 Å². The molecule has 1 unspecified atom stereocenters. The summed E-state index contributed by atoms with van der Waals surface area (Å²) in [4.78, 5) is 24.0. The van der Waals surface area contributed by atoms with Crippen LogP contribution in [0.5, 0.6) is 0 Å². The van der Waals surface area contributed by atoms with Crippen molar-refractivity contribution in [1.82, 2.24) is 9.88 Å². The first-order valence-electron chi connectivity index (χ1n) is 7.54. The molecule has 0 saturated heterocycles. The molecule has 1 atom stereocenters. The number of alkyl halides is 3. The molecule has 1 heterocycles. The standard InChI is InChI=1S/C17H16BrF3N2O2/c1-2-14(11-5-7-12(18)8-6-11)22-15(24)10-23-9-3-4-13(16(23)25)17(19,20)21/h3-9,14H,2,10H2,1H3,(H,22,24). The Morgan fingerprint density at radius 3 is 2.44 bits per heavy atom. The molecule has 0 aliphatic heterocycles. The number of halogens is 4. The van der Waals surface area contributed by atoms with E-state index in [1.54, 1.807) is 0 Å². The molecule has 1 N–H and O–H groups in total. The van der Waals surface area contributed by atoms with Crippen LogP contribution in [0.25, 0.3) is 0 Å². The average Bonchev–Trinajstić information content (AvgIpc) is 2.54. The van der Waals surface area contributed by atoms with Gasteiger partial charge in [-0.1, -0.05) is 35.0 Å². The minimum atomic E-state index is -4.75. The van der Waals surface area contributed by atoms with E-state index in [1.165, 1.54) is 0 Å². The lowest BCUT2D eigenvalue weighted by molar-refractivity contribution is -0.139. The highest BCUT2D eigenvalue weighted by molar-refractivity contribution is 9.10. The number of nitrogens with one attached hydrogen (secondary N) is 1. The number of nitrogens with zero attached hydrogens (tertiary/aromatic N) is 1. The number of hydrogen-bond donors (Lipinski definition) is 1. The van der Waals surface area contributed by atoms with E-state index in [0.717, 1.165) is 26.9 Å². The first-order chi connectivity index (χ1) is 11.7. The molecule has 2 rings (SSSR count). The van der Waals surface area contributed by atoms with Crippen LogP contribution in [0.1, 0.15) is 30.5 Å². The summed E-state index contributed by atoms with van der Waals surface area (Å²) in [5, 5.41) is 2.74. The monoisotopic (exact) mass is 416 g/mol. The third kappa shape index (κ3) is 4.94. The number of hydrogen-bond acceptors (Lipinski definition) is 2. The Morgan fingerprint density at radius 1 is 1.24 bits per heavy atom. The molecule has 1 aromatic heterocycles. The zero-order valence-electron chi connectivity index (χ0n) is 13.3. The summed E-state index contributed by atoms with van der Waals surface area (Å²) in [6.07, 6.45) is -2.98. The molecule has 2 aromatic rings. The predicted octanol–water partition coefficient (Wildman–Crippen LogP) is 3.90. The maximum Gasteiger partial charge on any atom is 0.421 e. The lowest BCUT2D eigenvalue weighted by atomic mass is 10.0. The van der Waals surface area contributed by atoms with Gasteiger partial charge in [-0.3, -0.25) is 9.59 Å². The van der Waals surface area contributed by atoms with E-state index in [4.69, 9.17) is 0 Å². The fourth-order valence-corrected chi connectivity index (χ4v) is 2.65. The van der Waals surface area contributed by atoms with Crippen LogP contribution < -0.4 is 10.9 Å². The van der Waals surface area contributed by atoms with Crippen molar-refractivity contribution in [2.75, 3.05) is 0 Å². The summed E-state index contributed by atoms with van der Waals surface area (Å²) in [5.41, 5.74) is -1.65. The van der Waals surface area contributed by atoms with Gasteiger partial charge < -0.3 is 9.88 Å². The predicted molar refractivity (Wildman–Crippen MR) is 91.0 cm³/mol. The fourth-order valence-electron chi connectivity index (χ4n) is 2.39. The third-order valence-corrected chi connectivity index (χ3v) is 4.18. The number of carbonyl (C=O) groups is 1. The first kappa shape index (κ1) is 19.2. The fraction of sp³-hybridized carbons (Fsp3) is 0.294. The SMILES string of the molecule is CCC(NC(=O)Cn1cccc(C(F)(F)F)c1=O)c1ccc(Br)cc1. The van der Waals surface area contributed by atoms with Gasteiger partial charge in [0.2, 0.25) is 5.91 Å². The Labute approximate surface area is 150 Å². The molecule has 0 saturated carbocycles. The van der Waals surface area contributed by atoms with Gasteiger partial charge in [0.25, 0.3) is 5.56 Å². The normalized spacial score (nSPS) is 12.7. The number of rotatable bonds is 5. The summed E-state index contributed by atoms with van der Waals surface area (Å²) < 4.78 is 40.0. The van der Waals surface area contributed by atoms with Gasteiger partial charge in [0, 0.05) is 10.7 Å². The zero-order chi connectivity index (χ0) is 18.6. The highest BCUT2D eigenvalue weighted by Crippen LogP contribution is 2.26. The second kappa shape index (κ2) is 7.86. The van der Waals surface area contributed by atoms with Crippen LogP contribution in [0, 0.1) is 0 Å². The molecule has 8 heteroatoms. The molecule has 1 aromatic carbocycles. The van der Waals surface area contributed by atoms with E-state index in [1.807, 2.05) is 31.2 Å². The van der Waals surface area contributed by atoms with Gasteiger partial charge in [0.15, 0.2) is 0 Å². The Balaban J connectivity index is 2.14. The van der Waals surface area contributed by atoms with E-state index in [9.17, 15) is 22.8 Å². The Hall–Kier alpha value is -2.09. The van der Waals surface area contributed by atoms with Crippen LogP contribution in [-0.4, -0.2) is 10.5 Å². The van der Waals surface area contributed by atoms with Crippen LogP contribution in [0.3, 0.4) is 0 Å². The molecule has 25 heavy (non-hydrogen) atoms. The highest BCUT2D eigenvalue weighted by atomic mass is 79.9. The van der Waals surface area contributed by atoms with Crippen molar-refractivity contribution < 1.29 is 18.0 Å². The van der Waals surface area contributed by atoms with E-state index in [0.29, 0.717) is 12.5 Å². The van der Waals surface area contributed by atoms with Crippen molar-refractivity contribution in [2.45, 2.75) is 32.1 Å². The molecule has 0 aliphatic rings. The van der Waals surface area contributed by atoms with E-state index >= 15 is 0 Å². The summed E-state index contributed by atoms with van der Waals surface area (Å²) in [7, 11) is 0. The minimum Gasteiger partial charge on any atom is -0.348 e. The molecule has 4 nitrogen and oxygen atoms in total. The molecular formula is C17H16BrF3N2O2. The van der Waals surface area contributed by atoms with Crippen LogP contribution in [-0.2, 0) is 17.5 Å². The molecule has 0 fully saturated rings. The topological polar surface area (TPSA) is 51.1 Å². The van der Waals surface area contributed by atoms with Crippen LogP contribution in [0.15, 0.2) is 51.9 Å². The zero-order valence-corrected chi connectivity index (χ0v) is 14.9. The number of amides is 1. The van der Waals surface area contributed by atoms with E-state index in [2.05, 4.69) is 21.2 Å². The second-order valence-corrected chi connectivity index (χ2v) is 6.35. The maximum absolute atomic E-state index is 12.8. The van der Waals surface area contributed by atoms with Crippen LogP contribution in [0.2, 0.25) is 0 Å². The van der Waals surface area contributed by atoms with Crippen LogP contribution >= 0.6 is 15.9 Å². The summed E-state index contributed by atoms with van der Waals surface area (Å²) in [5.74, 6) is -0.531. The van der Waals surface area contributed by atoms with Gasteiger partial charge in [-0.05, 0) is 36.2 Å². The van der Waals surface area contributed by atoms with Crippen molar-refractivity contribution in [2.24, 2.45) is 0 Å². The van der Waals surface area contributed by atoms with E-state index < -0.39 is 29.8 Å². The third-order valence-electron chi connectivity index (χ3n) is 3.66. The Kier molecular flexibility index (Phi) is 6.05. The first-order valence-corrected chi connectivity index (χ1v) is 8.33. The lowest BCUT2D eigenvalue weighted by Gasteiger charge is -2.18. The maximum atomic E-state index is 12.8. The highest BCUT2D eigenvalue weighted by Gasteiger charge is 2.34. The van der Waals surface area contributed by atoms with Crippen molar-refractivity contribution in [3.05, 3.63) is 68.5 Å². The molecule has 1 amide bonds. The van der Waals surface area contributed by atoms with Gasteiger partial charge in [-0.2, -0.15) is 13.2 Å². The van der Waals surface area contributed by atoms with Crippen molar-refractivity contribution in [3.8, 4) is 0 Å². The summed E-state index contributed by atoms with van der Waals surface area (Å²) in [6, 6.07) is 8.87. The summed E-state index contributed by atoms with van der Waals surface area (Å²) >= 11 is 3.32. The smallest absolute Gasteiger partial charge is 0.348 e. The lowest BCUT2D eigenvalue weighted by Crippen LogP contribution is -2.36.